The Morgan fingerprint density at radius 1 is 1.62 bits per heavy atom. The lowest BCUT2D eigenvalue weighted by Gasteiger charge is -2.06. The lowest BCUT2D eigenvalue weighted by atomic mass is 10.1. The van der Waals surface area contributed by atoms with E-state index in [-0.39, 0.29) is 16.9 Å². The van der Waals surface area contributed by atoms with Gasteiger partial charge in [-0.15, -0.1) is 0 Å². The second-order valence-corrected chi connectivity index (χ2v) is 2.86. The Labute approximate surface area is 91.2 Å². The zero-order valence-electron chi connectivity index (χ0n) is 8.40. The number of hydrogen-bond donors (Lipinski definition) is 1. The molecule has 0 amide bonds. The number of nitrogens with zero attached hydrogens (tertiary/aromatic N) is 1. The van der Waals surface area contributed by atoms with Gasteiger partial charge in [-0.3, -0.25) is 0 Å². The van der Waals surface area contributed by atoms with Crippen molar-refractivity contribution in [3.63, 3.8) is 0 Å². The molecule has 16 heavy (non-hydrogen) atoms. The molecule has 0 fully saturated rings. The predicted octanol–water partition coefficient (Wildman–Crippen LogP) is 1.80. The standard InChI is InChI=1S/C11H8FNO3/c1-16-10-5-7(6-13)4-9(12)8(10)2-3-11(14)15/h2-5H,1H3,(H,14,15)/b3-2+. The highest BCUT2D eigenvalue weighted by atomic mass is 19.1. The number of benzene rings is 1. The van der Waals surface area contributed by atoms with Gasteiger partial charge in [-0.2, -0.15) is 5.26 Å². The van der Waals surface area contributed by atoms with Crippen molar-refractivity contribution < 1.29 is 19.0 Å². The van der Waals surface area contributed by atoms with Crippen LogP contribution in [0.2, 0.25) is 0 Å². The first-order valence-corrected chi connectivity index (χ1v) is 4.27. The summed E-state index contributed by atoms with van der Waals surface area (Å²) in [4.78, 5) is 10.3. The topological polar surface area (TPSA) is 70.3 Å². The molecular formula is C11H8FNO3. The molecule has 0 bridgehead atoms. The van der Waals surface area contributed by atoms with E-state index in [0.717, 1.165) is 18.2 Å². The molecule has 0 spiro atoms. The summed E-state index contributed by atoms with van der Waals surface area (Å²) in [6, 6.07) is 4.13. The Kier molecular flexibility index (Phi) is 3.62. The summed E-state index contributed by atoms with van der Waals surface area (Å²) in [6.07, 6.45) is 1.88. The molecule has 0 saturated carbocycles. The van der Waals surface area contributed by atoms with Crippen LogP contribution in [0.25, 0.3) is 6.08 Å². The van der Waals surface area contributed by atoms with E-state index >= 15 is 0 Å². The number of aliphatic carboxylic acids is 1. The minimum absolute atomic E-state index is 0.00361. The number of ether oxygens (including phenoxy) is 1. The predicted molar refractivity (Wildman–Crippen MR) is 54.3 cm³/mol. The molecule has 0 unspecified atom stereocenters. The molecule has 82 valence electrons. The van der Waals surface area contributed by atoms with Crippen molar-refractivity contribution in [1.82, 2.24) is 0 Å². The first-order valence-electron chi connectivity index (χ1n) is 4.27. The van der Waals surface area contributed by atoms with Crippen molar-refractivity contribution >= 4 is 12.0 Å². The van der Waals surface area contributed by atoms with Crippen LogP contribution in [0.1, 0.15) is 11.1 Å². The van der Waals surface area contributed by atoms with Gasteiger partial charge in [0.1, 0.15) is 11.6 Å². The van der Waals surface area contributed by atoms with Crippen LogP contribution in [0, 0.1) is 17.1 Å². The molecule has 0 heterocycles. The first-order chi connectivity index (χ1) is 7.58. The third kappa shape index (κ3) is 2.58. The highest BCUT2D eigenvalue weighted by Crippen LogP contribution is 2.24. The molecule has 1 aromatic rings. The summed E-state index contributed by atoms with van der Waals surface area (Å²) in [7, 11) is 1.31. The second-order valence-electron chi connectivity index (χ2n) is 2.86. The van der Waals surface area contributed by atoms with Crippen LogP contribution in [0.3, 0.4) is 0 Å². The fraction of sp³-hybridized carbons (Fsp3) is 0.0909. The van der Waals surface area contributed by atoms with E-state index in [9.17, 15) is 9.18 Å². The number of carbonyl (C=O) groups is 1. The van der Waals surface area contributed by atoms with E-state index in [4.69, 9.17) is 15.1 Å². The molecule has 0 aromatic heterocycles. The van der Waals surface area contributed by atoms with Gasteiger partial charge in [0, 0.05) is 6.08 Å². The Morgan fingerprint density at radius 3 is 2.81 bits per heavy atom. The van der Waals surface area contributed by atoms with Gasteiger partial charge in [-0.05, 0) is 18.2 Å². The molecule has 5 heteroatoms. The fourth-order valence-corrected chi connectivity index (χ4v) is 1.14. The van der Waals surface area contributed by atoms with Crippen molar-refractivity contribution in [1.29, 1.82) is 5.26 Å². The van der Waals surface area contributed by atoms with Crippen molar-refractivity contribution in [2.24, 2.45) is 0 Å². The molecule has 1 aromatic carbocycles. The van der Waals surface area contributed by atoms with Gasteiger partial charge in [0.2, 0.25) is 0 Å². The maximum absolute atomic E-state index is 13.5. The van der Waals surface area contributed by atoms with E-state index < -0.39 is 11.8 Å². The smallest absolute Gasteiger partial charge is 0.328 e. The molecule has 0 radical (unpaired) electrons. The number of rotatable bonds is 3. The summed E-state index contributed by atoms with van der Waals surface area (Å²) < 4.78 is 18.3. The lowest BCUT2D eigenvalue weighted by Crippen LogP contribution is -1.94. The summed E-state index contributed by atoms with van der Waals surface area (Å²) in [5, 5.41) is 17.0. The average Bonchev–Trinajstić information content (AvgIpc) is 2.26. The Bertz CT molecular complexity index is 489. The number of nitriles is 1. The van der Waals surface area contributed by atoms with Gasteiger partial charge in [0.15, 0.2) is 0 Å². The van der Waals surface area contributed by atoms with Crippen molar-refractivity contribution in [3.05, 3.63) is 35.2 Å². The Morgan fingerprint density at radius 2 is 2.31 bits per heavy atom. The average molecular weight is 221 g/mol. The zero-order chi connectivity index (χ0) is 12.1. The SMILES string of the molecule is COc1cc(C#N)cc(F)c1/C=C/C(=O)O. The molecule has 0 saturated heterocycles. The fourth-order valence-electron chi connectivity index (χ4n) is 1.14. The number of carboxylic acids is 1. The monoisotopic (exact) mass is 221 g/mol. The van der Waals surface area contributed by atoms with Crippen LogP contribution >= 0.6 is 0 Å². The third-order valence-electron chi connectivity index (χ3n) is 1.83. The van der Waals surface area contributed by atoms with Crippen LogP contribution in [0.5, 0.6) is 5.75 Å². The van der Waals surface area contributed by atoms with Crippen molar-refractivity contribution in [2.45, 2.75) is 0 Å². The van der Waals surface area contributed by atoms with Gasteiger partial charge >= 0.3 is 5.97 Å². The molecule has 0 aliphatic carbocycles. The molecule has 0 aliphatic heterocycles. The van der Waals surface area contributed by atoms with Gasteiger partial charge in [0.25, 0.3) is 0 Å². The van der Waals surface area contributed by atoms with Gasteiger partial charge < -0.3 is 9.84 Å². The van der Waals surface area contributed by atoms with Crippen LogP contribution < -0.4 is 4.74 Å². The van der Waals surface area contributed by atoms with E-state index in [1.165, 1.54) is 13.2 Å². The maximum Gasteiger partial charge on any atom is 0.328 e. The summed E-state index contributed by atoms with van der Waals surface area (Å²) >= 11 is 0. The molecule has 0 aliphatic rings. The highest BCUT2D eigenvalue weighted by molar-refractivity contribution is 5.86. The number of methoxy groups -OCH3 is 1. The maximum atomic E-state index is 13.5. The molecule has 1 N–H and O–H groups in total. The molecular weight excluding hydrogens is 213 g/mol. The number of hydrogen-bond acceptors (Lipinski definition) is 3. The summed E-state index contributed by atoms with van der Waals surface area (Å²) in [5.41, 5.74) is 0.116. The van der Waals surface area contributed by atoms with E-state index in [0.29, 0.717) is 0 Å². The number of carboxylic acid groups (broad SMARTS) is 1. The minimum atomic E-state index is -1.19. The number of halogens is 1. The Hall–Kier alpha value is -2.35. The largest absolute Gasteiger partial charge is 0.496 e. The summed E-state index contributed by atoms with van der Waals surface area (Å²) in [5.74, 6) is -1.77. The van der Waals surface area contributed by atoms with Gasteiger partial charge in [0.05, 0.1) is 24.3 Å². The second kappa shape index (κ2) is 4.94. The van der Waals surface area contributed by atoms with Gasteiger partial charge in [-0.25, -0.2) is 9.18 Å². The molecule has 4 nitrogen and oxygen atoms in total. The minimum Gasteiger partial charge on any atom is -0.496 e. The quantitative estimate of drug-likeness (QED) is 0.790. The van der Waals surface area contributed by atoms with E-state index in [1.54, 1.807) is 6.07 Å². The zero-order valence-corrected chi connectivity index (χ0v) is 8.40. The van der Waals surface area contributed by atoms with E-state index in [2.05, 4.69) is 0 Å². The van der Waals surface area contributed by atoms with Gasteiger partial charge in [-0.1, -0.05) is 0 Å². The molecule has 1 rings (SSSR count). The normalized spacial score (nSPS) is 10.1. The summed E-state index contributed by atoms with van der Waals surface area (Å²) in [6.45, 7) is 0. The van der Waals surface area contributed by atoms with Crippen molar-refractivity contribution in [3.8, 4) is 11.8 Å². The van der Waals surface area contributed by atoms with E-state index in [1.807, 2.05) is 0 Å². The Balaban J connectivity index is 3.28. The highest BCUT2D eigenvalue weighted by Gasteiger charge is 2.09. The third-order valence-corrected chi connectivity index (χ3v) is 1.83. The van der Waals surface area contributed by atoms with Crippen LogP contribution in [-0.2, 0) is 4.79 Å². The molecule has 0 atom stereocenters. The van der Waals surface area contributed by atoms with Crippen LogP contribution in [-0.4, -0.2) is 18.2 Å². The van der Waals surface area contributed by atoms with Crippen LogP contribution in [0.4, 0.5) is 4.39 Å². The lowest BCUT2D eigenvalue weighted by molar-refractivity contribution is -0.131. The first kappa shape index (κ1) is 11.7. The van der Waals surface area contributed by atoms with Crippen molar-refractivity contribution in [2.75, 3.05) is 7.11 Å². The van der Waals surface area contributed by atoms with Crippen LogP contribution in [0.15, 0.2) is 18.2 Å².